The van der Waals surface area contributed by atoms with E-state index in [0.29, 0.717) is 11.5 Å². The lowest BCUT2D eigenvalue weighted by molar-refractivity contribution is 0.414. The van der Waals surface area contributed by atoms with Crippen LogP contribution in [0.4, 0.5) is 17.5 Å². The number of nitrogens with two attached hydrogens (primary N) is 1. The van der Waals surface area contributed by atoms with E-state index in [-0.39, 0.29) is 5.95 Å². The molecule has 102 valence electrons. The second-order valence-corrected chi connectivity index (χ2v) is 4.37. The van der Waals surface area contributed by atoms with Crippen LogP contribution in [0.2, 0.25) is 0 Å². The molecular formula is C13H14N6O. The van der Waals surface area contributed by atoms with Crippen LogP contribution >= 0.6 is 0 Å². The third kappa shape index (κ3) is 2.09. The van der Waals surface area contributed by atoms with Crippen LogP contribution in [0.25, 0.3) is 11.0 Å². The van der Waals surface area contributed by atoms with Crippen LogP contribution in [-0.4, -0.2) is 27.3 Å². The van der Waals surface area contributed by atoms with E-state index in [1.807, 2.05) is 25.1 Å². The first kappa shape index (κ1) is 12.2. The van der Waals surface area contributed by atoms with E-state index >= 15 is 0 Å². The van der Waals surface area contributed by atoms with Gasteiger partial charge in [0.1, 0.15) is 11.6 Å². The Kier molecular flexibility index (Phi) is 2.86. The van der Waals surface area contributed by atoms with Gasteiger partial charge in [-0.25, -0.2) is 0 Å². The van der Waals surface area contributed by atoms with Crippen LogP contribution < -0.4 is 15.8 Å². The smallest absolute Gasteiger partial charge is 0.224 e. The Morgan fingerprint density at radius 2 is 2.15 bits per heavy atom. The van der Waals surface area contributed by atoms with E-state index in [9.17, 15) is 0 Å². The van der Waals surface area contributed by atoms with Crippen molar-refractivity contribution in [2.24, 2.45) is 0 Å². The summed E-state index contributed by atoms with van der Waals surface area (Å²) in [5, 5.41) is 10.8. The lowest BCUT2D eigenvalue weighted by Gasteiger charge is -2.11. The maximum Gasteiger partial charge on any atom is 0.224 e. The highest BCUT2D eigenvalue weighted by molar-refractivity contribution is 5.89. The van der Waals surface area contributed by atoms with Crippen LogP contribution in [-0.2, 0) is 0 Å². The maximum atomic E-state index is 5.69. The monoisotopic (exact) mass is 270 g/mol. The van der Waals surface area contributed by atoms with Gasteiger partial charge < -0.3 is 15.8 Å². The Bertz CT molecular complexity index is 767. The van der Waals surface area contributed by atoms with Crippen molar-refractivity contribution in [3.05, 3.63) is 30.0 Å². The third-order valence-corrected chi connectivity index (χ3v) is 3.01. The number of hydrogen-bond donors (Lipinski definition) is 3. The number of methoxy groups -OCH3 is 1. The van der Waals surface area contributed by atoms with E-state index in [1.165, 1.54) is 0 Å². The minimum absolute atomic E-state index is 0.190. The van der Waals surface area contributed by atoms with Gasteiger partial charge in [0.05, 0.1) is 18.7 Å². The molecule has 0 spiro atoms. The second kappa shape index (κ2) is 4.69. The van der Waals surface area contributed by atoms with Gasteiger partial charge in [-0.15, -0.1) is 0 Å². The Morgan fingerprint density at radius 3 is 2.90 bits per heavy atom. The quantitative estimate of drug-likeness (QED) is 0.672. The number of hydrogen-bond acceptors (Lipinski definition) is 6. The number of nitrogen functional groups attached to an aromatic ring is 1. The number of ether oxygens (including phenoxy) is 1. The summed E-state index contributed by atoms with van der Waals surface area (Å²) < 4.78 is 5.19. The number of fused-ring (bicyclic) bond motifs is 1. The Labute approximate surface area is 115 Å². The lowest BCUT2D eigenvalue weighted by Crippen LogP contribution is -2.01. The topological polar surface area (TPSA) is 102 Å². The van der Waals surface area contributed by atoms with Crippen molar-refractivity contribution in [3.8, 4) is 5.75 Å². The molecule has 1 aromatic carbocycles. The molecule has 0 fully saturated rings. The van der Waals surface area contributed by atoms with Crippen LogP contribution in [0.15, 0.2) is 24.4 Å². The molecule has 0 aliphatic heterocycles. The molecule has 3 aromatic rings. The molecule has 4 N–H and O–H groups in total. The number of nitrogens with one attached hydrogen (secondary N) is 2. The molecule has 0 atom stereocenters. The van der Waals surface area contributed by atoms with Crippen LogP contribution in [0.1, 0.15) is 5.56 Å². The van der Waals surface area contributed by atoms with Crippen molar-refractivity contribution < 1.29 is 4.74 Å². The summed E-state index contributed by atoms with van der Waals surface area (Å²) in [6.45, 7) is 1.99. The summed E-state index contributed by atoms with van der Waals surface area (Å²) >= 11 is 0. The Hall–Kier alpha value is -2.83. The van der Waals surface area contributed by atoms with Gasteiger partial charge in [-0.3, -0.25) is 5.10 Å². The van der Waals surface area contributed by atoms with Crippen molar-refractivity contribution >= 4 is 28.5 Å². The summed E-state index contributed by atoms with van der Waals surface area (Å²) in [5.41, 5.74) is 8.26. The first-order chi connectivity index (χ1) is 9.67. The highest BCUT2D eigenvalue weighted by Crippen LogP contribution is 2.27. The Balaban J connectivity index is 2.03. The molecule has 20 heavy (non-hydrogen) atoms. The first-order valence-electron chi connectivity index (χ1n) is 6.05. The average Bonchev–Trinajstić information content (AvgIpc) is 2.89. The molecule has 7 heteroatoms. The summed E-state index contributed by atoms with van der Waals surface area (Å²) in [6.07, 6.45) is 1.66. The number of aromatic nitrogens is 4. The summed E-state index contributed by atoms with van der Waals surface area (Å²) in [7, 11) is 1.64. The van der Waals surface area contributed by atoms with Crippen molar-refractivity contribution in [3.63, 3.8) is 0 Å². The molecule has 0 radical (unpaired) electrons. The first-order valence-corrected chi connectivity index (χ1v) is 6.05. The number of benzene rings is 1. The molecule has 2 aromatic heterocycles. The van der Waals surface area contributed by atoms with Gasteiger partial charge >= 0.3 is 0 Å². The van der Waals surface area contributed by atoms with Gasteiger partial charge in [0, 0.05) is 5.69 Å². The molecule has 0 bridgehead atoms. The summed E-state index contributed by atoms with van der Waals surface area (Å²) in [6, 6.07) is 5.75. The SMILES string of the molecule is COc1ccc(Nc2nc(N)nc3[nH]ncc23)c(C)c1. The van der Waals surface area contributed by atoms with Gasteiger partial charge in [0.15, 0.2) is 5.65 Å². The fourth-order valence-electron chi connectivity index (χ4n) is 1.98. The van der Waals surface area contributed by atoms with Crippen LogP contribution in [0.3, 0.4) is 0 Å². The van der Waals surface area contributed by atoms with Crippen LogP contribution in [0, 0.1) is 6.92 Å². The molecule has 0 saturated carbocycles. The largest absolute Gasteiger partial charge is 0.497 e. The van der Waals surface area contributed by atoms with Gasteiger partial charge in [-0.05, 0) is 30.7 Å². The molecule has 3 rings (SSSR count). The lowest BCUT2D eigenvalue weighted by atomic mass is 10.2. The van der Waals surface area contributed by atoms with Crippen molar-refractivity contribution in [1.82, 2.24) is 20.2 Å². The average molecular weight is 270 g/mol. The molecule has 0 saturated heterocycles. The van der Waals surface area contributed by atoms with Crippen molar-refractivity contribution in [2.75, 3.05) is 18.2 Å². The van der Waals surface area contributed by atoms with Crippen molar-refractivity contribution in [2.45, 2.75) is 6.92 Å². The predicted molar refractivity (Wildman–Crippen MR) is 77.1 cm³/mol. The fraction of sp³-hybridized carbons (Fsp3) is 0.154. The predicted octanol–water partition coefficient (Wildman–Crippen LogP) is 2.00. The number of nitrogens with zero attached hydrogens (tertiary/aromatic N) is 3. The molecular weight excluding hydrogens is 256 g/mol. The van der Waals surface area contributed by atoms with E-state index < -0.39 is 0 Å². The molecule has 0 unspecified atom stereocenters. The van der Waals surface area contributed by atoms with E-state index in [4.69, 9.17) is 10.5 Å². The fourth-order valence-corrected chi connectivity index (χ4v) is 1.98. The second-order valence-electron chi connectivity index (χ2n) is 4.37. The van der Waals surface area contributed by atoms with Gasteiger partial charge in [0.2, 0.25) is 5.95 Å². The summed E-state index contributed by atoms with van der Waals surface area (Å²) in [4.78, 5) is 8.29. The zero-order chi connectivity index (χ0) is 14.1. The number of rotatable bonds is 3. The molecule has 7 nitrogen and oxygen atoms in total. The summed E-state index contributed by atoms with van der Waals surface area (Å²) in [5.74, 6) is 1.62. The molecule has 0 amide bonds. The van der Waals surface area contributed by atoms with E-state index in [2.05, 4.69) is 25.5 Å². The highest BCUT2D eigenvalue weighted by Gasteiger charge is 2.09. The highest BCUT2D eigenvalue weighted by atomic mass is 16.5. The van der Waals surface area contributed by atoms with Crippen LogP contribution in [0.5, 0.6) is 5.75 Å². The van der Waals surface area contributed by atoms with E-state index in [0.717, 1.165) is 22.4 Å². The standard InChI is InChI=1S/C13H14N6O/c1-7-5-8(20-2)3-4-10(7)16-11-9-6-15-19-12(9)18-13(14)17-11/h3-6H,1-2H3,(H4,14,15,16,17,18,19). The molecule has 0 aliphatic carbocycles. The third-order valence-electron chi connectivity index (χ3n) is 3.01. The molecule has 2 heterocycles. The number of aromatic amines is 1. The van der Waals surface area contributed by atoms with Gasteiger partial charge in [-0.1, -0.05) is 0 Å². The van der Waals surface area contributed by atoms with Crippen molar-refractivity contribution in [1.29, 1.82) is 0 Å². The number of anilines is 3. The van der Waals surface area contributed by atoms with Gasteiger partial charge in [0.25, 0.3) is 0 Å². The zero-order valence-electron chi connectivity index (χ0n) is 11.1. The van der Waals surface area contributed by atoms with Gasteiger partial charge in [-0.2, -0.15) is 15.1 Å². The zero-order valence-corrected chi connectivity index (χ0v) is 11.1. The minimum Gasteiger partial charge on any atom is -0.497 e. The minimum atomic E-state index is 0.190. The van der Waals surface area contributed by atoms with E-state index in [1.54, 1.807) is 13.3 Å². The maximum absolute atomic E-state index is 5.69. The number of H-pyrrole nitrogens is 1. The normalized spacial score (nSPS) is 10.7. The molecule has 0 aliphatic rings. The number of aryl methyl sites for hydroxylation is 1. The Morgan fingerprint density at radius 1 is 1.30 bits per heavy atom.